The van der Waals surface area contributed by atoms with Crippen LogP contribution in [0.1, 0.15) is 40.9 Å². The van der Waals surface area contributed by atoms with Gasteiger partial charge >= 0.3 is 5.97 Å². The molecule has 0 heterocycles. The van der Waals surface area contributed by atoms with Gasteiger partial charge in [-0.3, -0.25) is 0 Å². The highest BCUT2D eigenvalue weighted by molar-refractivity contribution is 5.92. The van der Waals surface area contributed by atoms with E-state index in [0.717, 1.165) is 35.1 Å². The number of hydrogen-bond donors (Lipinski definition) is 0. The summed E-state index contributed by atoms with van der Waals surface area (Å²) in [6, 6.07) is 7.53. The summed E-state index contributed by atoms with van der Waals surface area (Å²) in [7, 11) is 6.49. The third-order valence-electron chi connectivity index (χ3n) is 5.05. The van der Waals surface area contributed by atoms with Crippen molar-refractivity contribution in [2.24, 2.45) is 0 Å². The Morgan fingerprint density at radius 3 is 2.39 bits per heavy atom. The standard InChI is InChI=1S/C22H26O6/c1-6-28-22(23)14-7-9-15-16(11-14)17(24-2)10-8-13-12-18(25-3)20(26-4)21(27-5)19(13)15/h7,9,11-12,17H,6,8,10H2,1-5H3. The van der Waals surface area contributed by atoms with Gasteiger partial charge in [-0.2, -0.15) is 0 Å². The summed E-state index contributed by atoms with van der Waals surface area (Å²) in [5.74, 6) is 1.43. The van der Waals surface area contributed by atoms with Crippen molar-refractivity contribution >= 4 is 5.97 Å². The lowest BCUT2D eigenvalue weighted by atomic mass is 9.93. The lowest BCUT2D eigenvalue weighted by Crippen LogP contribution is -2.08. The summed E-state index contributed by atoms with van der Waals surface area (Å²) in [5.41, 5.74) is 4.40. The van der Waals surface area contributed by atoms with E-state index < -0.39 is 0 Å². The van der Waals surface area contributed by atoms with Crippen LogP contribution in [0.15, 0.2) is 24.3 Å². The Kier molecular flexibility index (Phi) is 6.09. The maximum absolute atomic E-state index is 12.2. The van der Waals surface area contributed by atoms with E-state index in [1.54, 1.807) is 41.4 Å². The second kappa shape index (κ2) is 8.52. The summed E-state index contributed by atoms with van der Waals surface area (Å²) in [6.07, 6.45) is 1.38. The number of benzene rings is 2. The number of ether oxygens (including phenoxy) is 5. The molecule has 6 nitrogen and oxygen atoms in total. The van der Waals surface area contributed by atoms with Crippen molar-refractivity contribution in [3.8, 4) is 28.4 Å². The van der Waals surface area contributed by atoms with E-state index in [4.69, 9.17) is 23.7 Å². The van der Waals surface area contributed by atoms with Crippen LogP contribution >= 0.6 is 0 Å². The SMILES string of the molecule is CCOC(=O)c1ccc2c(c1)C(OC)CCc1cc(OC)c(OC)c(OC)c1-2. The first-order chi connectivity index (χ1) is 13.6. The van der Waals surface area contributed by atoms with E-state index in [-0.39, 0.29) is 12.1 Å². The highest BCUT2D eigenvalue weighted by atomic mass is 16.5. The third-order valence-corrected chi connectivity index (χ3v) is 5.05. The molecule has 6 heteroatoms. The van der Waals surface area contributed by atoms with Gasteiger partial charge in [-0.05, 0) is 54.7 Å². The van der Waals surface area contributed by atoms with E-state index in [9.17, 15) is 4.79 Å². The highest BCUT2D eigenvalue weighted by Gasteiger charge is 2.29. The molecule has 1 aliphatic rings. The van der Waals surface area contributed by atoms with E-state index in [2.05, 4.69) is 0 Å². The van der Waals surface area contributed by atoms with Crippen molar-refractivity contribution in [2.45, 2.75) is 25.9 Å². The van der Waals surface area contributed by atoms with Gasteiger partial charge in [-0.15, -0.1) is 0 Å². The third kappa shape index (κ3) is 3.40. The van der Waals surface area contributed by atoms with Crippen LogP contribution in [0.4, 0.5) is 0 Å². The second-order valence-electron chi connectivity index (χ2n) is 6.46. The molecule has 0 aromatic heterocycles. The Morgan fingerprint density at radius 2 is 1.79 bits per heavy atom. The van der Waals surface area contributed by atoms with Crippen molar-refractivity contribution in [2.75, 3.05) is 35.0 Å². The Balaban J connectivity index is 2.27. The largest absolute Gasteiger partial charge is 0.493 e. The van der Waals surface area contributed by atoms with E-state index in [0.29, 0.717) is 29.4 Å². The van der Waals surface area contributed by atoms with Crippen molar-refractivity contribution < 1.29 is 28.5 Å². The van der Waals surface area contributed by atoms with Gasteiger partial charge in [0.15, 0.2) is 11.5 Å². The van der Waals surface area contributed by atoms with Crippen LogP contribution in [-0.2, 0) is 15.9 Å². The van der Waals surface area contributed by atoms with Gasteiger partial charge in [0.1, 0.15) is 0 Å². The molecule has 0 saturated carbocycles. The Morgan fingerprint density at radius 1 is 1.04 bits per heavy atom. The zero-order chi connectivity index (χ0) is 20.3. The van der Waals surface area contributed by atoms with Crippen LogP contribution in [0.25, 0.3) is 11.1 Å². The summed E-state index contributed by atoms with van der Waals surface area (Å²) < 4.78 is 27.7. The number of methoxy groups -OCH3 is 4. The average Bonchev–Trinajstić information content (AvgIpc) is 2.88. The van der Waals surface area contributed by atoms with Crippen LogP contribution < -0.4 is 14.2 Å². The molecular weight excluding hydrogens is 360 g/mol. The van der Waals surface area contributed by atoms with Gasteiger partial charge < -0.3 is 23.7 Å². The zero-order valence-electron chi connectivity index (χ0n) is 17.0. The molecule has 2 aromatic carbocycles. The van der Waals surface area contributed by atoms with Crippen LogP contribution in [0.2, 0.25) is 0 Å². The molecule has 28 heavy (non-hydrogen) atoms. The lowest BCUT2D eigenvalue weighted by Gasteiger charge is -2.20. The average molecular weight is 386 g/mol. The number of rotatable bonds is 6. The van der Waals surface area contributed by atoms with Gasteiger partial charge in [-0.1, -0.05) is 6.07 Å². The molecule has 0 radical (unpaired) electrons. The predicted molar refractivity (Wildman–Crippen MR) is 106 cm³/mol. The number of esters is 1. The van der Waals surface area contributed by atoms with Gasteiger partial charge in [0, 0.05) is 12.7 Å². The number of carbonyl (C=O) groups is 1. The molecular formula is C22H26O6. The summed E-state index contributed by atoms with van der Waals surface area (Å²) in [4.78, 5) is 12.2. The van der Waals surface area contributed by atoms with E-state index in [1.165, 1.54) is 0 Å². The molecule has 0 N–H and O–H groups in total. The topological polar surface area (TPSA) is 63.2 Å². The Bertz CT molecular complexity index is 874. The number of aryl methyl sites for hydroxylation is 1. The predicted octanol–water partition coefficient (Wildman–Crippen LogP) is 4.19. The van der Waals surface area contributed by atoms with Gasteiger partial charge in [0.25, 0.3) is 0 Å². The molecule has 1 aliphatic carbocycles. The first-order valence-corrected chi connectivity index (χ1v) is 9.25. The number of fused-ring (bicyclic) bond motifs is 3. The van der Waals surface area contributed by atoms with E-state index in [1.807, 2.05) is 18.2 Å². The quantitative estimate of drug-likeness (QED) is 0.694. The van der Waals surface area contributed by atoms with Crippen molar-refractivity contribution in [1.82, 2.24) is 0 Å². The van der Waals surface area contributed by atoms with Crippen LogP contribution in [0.3, 0.4) is 0 Å². The monoisotopic (exact) mass is 386 g/mol. The minimum absolute atomic E-state index is 0.154. The molecule has 0 amide bonds. The molecule has 0 aliphatic heterocycles. The van der Waals surface area contributed by atoms with Crippen molar-refractivity contribution in [3.05, 3.63) is 41.0 Å². The molecule has 0 bridgehead atoms. The fourth-order valence-corrected chi connectivity index (χ4v) is 3.78. The molecule has 150 valence electrons. The molecule has 1 unspecified atom stereocenters. The first-order valence-electron chi connectivity index (χ1n) is 9.25. The molecule has 1 atom stereocenters. The summed E-state index contributed by atoms with van der Waals surface area (Å²) >= 11 is 0. The van der Waals surface area contributed by atoms with Crippen LogP contribution in [0, 0.1) is 0 Å². The molecule has 2 aromatic rings. The smallest absolute Gasteiger partial charge is 0.338 e. The van der Waals surface area contributed by atoms with Crippen LogP contribution in [0.5, 0.6) is 17.2 Å². The van der Waals surface area contributed by atoms with Gasteiger partial charge in [0.05, 0.1) is 39.6 Å². The normalized spacial score (nSPS) is 15.1. The van der Waals surface area contributed by atoms with Crippen molar-refractivity contribution in [3.63, 3.8) is 0 Å². The molecule has 0 spiro atoms. The molecule has 0 fully saturated rings. The highest BCUT2D eigenvalue weighted by Crippen LogP contribution is 2.50. The summed E-state index contributed by atoms with van der Waals surface area (Å²) in [6.45, 7) is 2.12. The maximum atomic E-state index is 12.2. The first kappa shape index (κ1) is 20.0. The fraction of sp³-hybridized carbons (Fsp3) is 0.409. The number of carbonyl (C=O) groups excluding carboxylic acids is 1. The fourth-order valence-electron chi connectivity index (χ4n) is 3.78. The van der Waals surface area contributed by atoms with Gasteiger partial charge in [0.2, 0.25) is 5.75 Å². The minimum atomic E-state index is -0.344. The Labute approximate surface area is 165 Å². The van der Waals surface area contributed by atoms with E-state index >= 15 is 0 Å². The van der Waals surface area contributed by atoms with Crippen LogP contribution in [-0.4, -0.2) is 41.0 Å². The van der Waals surface area contributed by atoms with Gasteiger partial charge in [-0.25, -0.2) is 4.79 Å². The minimum Gasteiger partial charge on any atom is -0.493 e. The maximum Gasteiger partial charge on any atom is 0.338 e. The number of hydrogen-bond acceptors (Lipinski definition) is 6. The zero-order valence-corrected chi connectivity index (χ0v) is 17.0. The lowest BCUT2D eigenvalue weighted by molar-refractivity contribution is 0.0525. The molecule has 0 saturated heterocycles. The summed E-state index contributed by atoms with van der Waals surface area (Å²) in [5, 5.41) is 0. The Hall–Kier alpha value is -2.73. The second-order valence-corrected chi connectivity index (χ2v) is 6.46. The van der Waals surface area contributed by atoms with Crippen molar-refractivity contribution in [1.29, 1.82) is 0 Å². The molecule has 3 rings (SSSR count).